The monoisotopic (exact) mass is 299 g/mol. The molecule has 0 saturated carbocycles. The van der Waals surface area contributed by atoms with Gasteiger partial charge >= 0.3 is 0 Å². The van der Waals surface area contributed by atoms with Crippen molar-refractivity contribution in [3.05, 3.63) is 38.9 Å². The maximum absolute atomic E-state index is 10.8. The van der Waals surface area contributed by atoms with Crippen molar-refractivity contribution < 1.29 is 4.92 Å². The molecule has 0 aliphatic rings. The summed E-state index contributed by atoms with van der Waals surface area (Å²) in [5.41, 5.74) is 0.960. The van der Waals surface area contributed by atoms with E-state index in [-0.39, 0.29) is 16.1 Å². The molecule has 0 atom stereocenters. The molecular formula is C14H22ClN3O2. The predicted octanol–water partition coefficient (Wildman–Crippen LogP) is 2.93. The SMILES string of the molecule is CN(C)CC(C)(C)CNCc1ccc(Cl)c([N+](=O)[O-])c1. The van der Waals surface area contributed by atoms with Gasteiger partial charge in [-0.25, -0.2) is 0 Å². The van der Waals surface area contributed by atoms with E-state index >= 15 is 0 Å². The highest BCUT2D eigenvalue weighted by Gasteiger charge is 2.18. The molecule has 0 aliphatic carbocycles. The Morgan fingerprint density at radius 3 is 2.60 bits per heavy atom. The van der Waals surface area contributed by atoms with E-state index in [4.69, 9.17) is 11.6 Å². The number of benzene rings is 1. The molecule has 0 saturated heterocycles. The largest absolute Gasteiger partial charge is 0.312 e. The van der Waals surface area contributed by atoms with Crippen molar-refractivity contribution in [1.82, 2.24) is 10.2 Å². The number of nitro benzene ring substituents is 1. The molecule has 0 aliphatic heterocycles. The van der Waals surface area contributed by atoms with Gasteiger partial charge in [-0.05, 0) is 31.1 Å². The fraction of sp³-hybridized carbons (Fsp3) is 0.571. The van der Waals surface area contributed by atoms with Crippen molar-refractivity contribution in [1.29, 1.82) is 0 Å². The quantitative estimate of drug-likeness (QED) is 0.621. The van der Waals surface area contributed by atoms with E-state index in [0.717, 1.165) is 18.7 Å². The summed E-state index contributed by atoms with van der Waals surface area (Å²) < 4.78 is 0. The fourth-order valence-corrected chi connectivity index (χ4v) is 2.45. The molecule has 0 spiro atoms. The lowest BCUT2D eigenvalue weighted by Crippen LogP contribution is -2.37. The van der Waals surface area contributed by atoms with Crippen LogP contribution in [-0.4, -0.2) is 37.0 Å². The Balaban J connectivity index is 2.58. The van der Waals surface area contributed by atoms with E-state index in [9.17, 15) is 10.1 Å². The summed E-state index contributed by atoms with van der Waals surface area (Å²) in [6.45, 7) is 6.77. The summed E-state index contributed by atoms with van der Waals surface area (Å²) >= 11 is 5.79. The first-order chi connectivity index (χ1) is 9.21. The Labute approximate surface area is 125 Å². The molecule has 0 bridgehead atoms. The van der Waals surface area contributed by atoms with Crippen LogP contribution in [0.15, 0.2) is 18.2 Å². The minimum atomic E-state index is -0.457. The molecule has 0 unspecified atom stereocenters. The van der Waals surface area contributed by atoms with E-state index in [1.165, 1.54) is 6.07 Å². The number of hydrogen-bond donors (Lipinski definition) is 1. The van der Waals surface area contributed by atoms with Crippen LogP contribution in [0, 0.1) is 15.5 Å². The standard InChI is InChI=1S/C14H22ClN3O2/c1-14(2,10-17(3)4)9-16-8-11-5-6-12(15)13(7-11)18(19)20/h5-7,16H,8-10H2,1-4H3. The van der Waals surface area contributed by atoms with E-state index in [2.05, 4.69) is 24.1 Å². The van der Waals surface area contributed by atoms with Crippen molar-refractivity contribution in [3.8, 4) is 0 Å². The first kappa shape index (κ1) is 16.9. The molecule has 1 aromatic carbocycles. The lowest BCUT2D eigenvalue weighted by molar-refractivity contribution is -0.384. The van der Waals surface area contributed by atoms with Gasteiger partial charge in [-0.1, -0.05) is 31.5 Å². The average molecular weight is 300 g/mol. The van der Waals surface area contributed by atoms with Gasteiger partial charge in [0.05, 0.1) is 4.92 Å². The first-order valence-electron chi connectivity index (χ1n) is 6.49. The molecular weight excluding hydrogens is 278 g/mol. The molecule has 0 amide bonds. The Morgan fingerprint density at radius 1 is 1.40 bits per heavy atom. The van der Waals surface area contributed by atoms with Gasteiger partial charge in [0, 0.05) is 25.7 Å². The van der Waals surface area contributed by atoms with Gasteiger partial charge in [-0.2, -0.15) is 0 Å². The zero-order valence-corrected chi connectivity index (χ0v) is 13.2. The van der Waals surface area contributed by atoms with E-state index in [1.54, 1.807) is 12.1 Å². The van der Waals surface area contributed by atoms with Crippen LogP contribution in [-0.2, 0) is 6.54 Å². The molecule has 0 heterocycles. The zero-order valence-electron chi connectivity index (χ0n) is 12.4. The predicted molar refractivity (Wildman–Crippen MR) is 82.1 cm³/mol. The van der Waals surface area contributed by atoms with Gasteiger partial charge in [0.15, 0.2) is 0 Å². The molecule has 112 valence electrons. The third-order valence-corrected chi connectivity index (χ3v) is 3.20. The van der Waals surface area contributed by atoms with Crippen molar-refractivity contribution in [2.75, 3.05) is 27.2 Å². The minimum Gasteiger partial charge on any atom is -0.312 e. The Hall–Kier alpha value is -1.17. The van der Waals surface area contributed by atoms with Crippen LogP contribution in [0.25, 0.3) is 0 Å². The second-order valence-electron chi connectivity index (χ2n) is 6.05. The molecule has 5 nitrogen and oxygen atoms in total. The fourth-order valence-electron chi connectivity index (χ4n) is 2.27. The Morgan fingerprint density at radius 2 is 2.05 bits per heavy atom. The molecule has 1 aromatic rings. The van der Waals surface area contributed by atoms with Crippen LogP contribution < -0.4 is 5.32 Å². The summed E-state index contributed by atoms with van der Waals surface area (Å²) in [5.74, 6) is 0. The number of nitrogens with zero attached hydrogens (tertiary/aromatic N) is 2. The van der Waals surface area contributed by atoms with Crippen LogP contribution in [0.1, 0.15) is 19.4 Å². The highest BCUT2D eigenvalue weighted by molar-refractivity contribution is 6.32. The third-order valence-electron chi connectivity index (χ3n) is 2.88. The summed E-state index contributed by atoms with van der Waals surface area (Å²) in [6, 6.07) is 4.90. The van der Waals surface area contributed by atoms with Gasteiger partial charge in [-0.15, -0.1) is 0 Å². The van der Waals surface area contributed by atoms with Gasteiger partial charge in [0.25, 0.3) is 5.69 Å². The second-order valence-corrected chi connectivity index (χ2v) is 6.46. The summed E-state index contributed by atoms with van der Waals surface area (Å²) in [4.78, 5) is 12.5. The van der Waals surface area contributed by atoms with Gasteiger partial charge in [-0.3, -0.25) is 10.1 Å². The normalized spacial score (nSPS) is 11.9. The summed E-state index contributed by atoms with van der Waals surface area (Å²) in [7, 11) is 4.09. The lowest BCUT2D eigenvalue weighted by Gasteiger charge is -2.28. The molecule has 20 heavy (non-hydrogen) atoms. The molecule has 0 radical (unpaired) electrons. The minimum absolute atomic E-state index is 0.0430. The third kappa shape index (κ3) is 5.45. The van der Waals surface area contributed by atoms with Gasteiger partial charge < -0.3 is 10.2 Å². The molecule has 1 rings (SSSR count). The van der Waals surface area contributed by atoms with Crippen molar-refractivity contribution in [2.45, 2.75) is 20.4 Å². The van der Waals surface area contributed by atoms with E-state index in [0.29, 0.717) is 6.54 Å². The Bertz CT molecular complexity index is 475. The summed E-state index contributed by atoms with van der Waals surface area (Å²) in [5, 5.41) is 14.3. The first-order valence-corrected chi connectivity index (χ1v) is 6.87. The number of nitro groups is 1. The molecule has 0 aromatic heterocycles. The van der Waals surface area contributed by atoms with Crippen molar-refractivity contribution in [2.24, 2.45) is 5.41 Å². The van der Waals surface area contributed by atoms with Crippen LogP contribution in [0.2, 0.25) is 5.02 Å². The van der Waals surface area contributed by atoms with Crippen LogP contribution in [0.3, 0.4) is 0 Å². The van der Waals surface area contributed by atoms with Crippen LogP contribution in [0.5, 0.6) is 0 Å². The highest BCUT2D eigenvalue weighted by atomic mass is 35.5. The van der Waals surface area contributed by atoms with Crippen LogP contribution >= 0.6 is 11.6 Å². The maximum atomic E-state index is 10.8. The van der Waals surface area contributed by atoms with Crippen molar-refractivity contribution in [3.63, 3.8) is 0 Å². The maximum Gasteiger partial charge on any atom is 0.288 e. The highest BCUT2D eigenvalue weighted by Crippen LogP contribution is 2.25. The number of nitrogens with one attached hydrogen (secondary N) is 1. The number of rotatable bonds is 7. The zero-order chi connectivity index (χ0) is 15.3. The smallest absolute Gasteiger partial charge is 0.288 e. The molecule has 6 heteroatoms. The van der Waals surface area contributed by atoms with Crippen molar-refractivity contribution >= 4 is 17.3 Å². The van der Waals surface area contributed by atoms with Gasteiger partial charge in [0.1, 0.15) is 5.02 Å². The average Bonchev–Trinajstić information content (AvgIpc) is 2.28. The number of halogens is 1. The summed E-state index contributed by atoms with van der Waals surface area (Å²) in [6.07, 6.45) is 0. The molecule has 0 fully saturated rings. The molecule has 1 N–H and O–H groups in total. The van der Waals surface area contributed by atoms with E-state index < -0.39 is 4.92 Å². The second kappa shape index (κ2) is 7.02. The van der Waals surface area contributed by atoms with Crippen LogP contribution in [0.4, 0.5) is 5.69 Å². The Kier molecular flexibility index (Phi) is 5.92. The van der Waals surface area contributed by atoms with Gasteiger partial charge in [0.2, 0.25) is 0 Å². The lowest BCUT2D eigenvalue weighted by atomic mass is 9.93. The topological polar surface area (TPSA) is 58.4 Å². The van der Waals surface area contributed by atoms with E-state index in [1.807, 2.05) is 14.1 Å². The number of hydrogen-bond acceptors (Lipinski definition) is 4.